The molecule has 7 nitrogen and oxygen atoms in total. The van der Waals surface area contributed by atoms with Crippen LogP contribution in [0, 0.1) is 22.0 Å². The third kappa shape index (κ3) is 3.04. The number of anilines is 1. The van der Waals surface area contributed by atoms with E-state index in [2.05, 4.69) is 17.2 Å². The maximum absolute atomic E-state index is 11.0. The summed E-state index contributed by atoms with van der Waals surface area (Å²) in [6, 6.07) is 1.04. The van der Waals surface area contributed by atoms with Crippen LogP contribution in [0.25, 0.3) is 0 Å². The Labute approximate surface area is 116 Å². The van der Waals surface area contributed by atoms with Crippen molar-refractivity contribution in [3.8, 4) is 0 Å². The molecule has 2 N–H and O–H groups in total. The molecule has 108 valence electrons. The lowest BCUT2D eigenvalue weighted by atomic mass is 9.98. The Morgan fingerprint density at radius 3 is 2.90 bits per heavy atom. The second-order valence-corrected chi connectivity index (χ2v) is 5.20. The maximum atomic E-state index is 11.0. The van der Waals surface area contributed by atoms with E-state index in [1.165, 1.54) is 12.8 Å². The summed E-state index contributed by atoms with van der Waals surface area (Å²) in [4.78, 5) is 25.1. The summed E-state index contributed by atoms with van der Waals surface area (Å²) in [7, 11) is 0. The molecule has 1 heterocycles. The van der Waals surface area contributed by atoms with Crippen molar-refractivity contribution < 1.29 is 14.8 Å². The molecule has 1 aromatic rings. The molecule has 2 atom stereocenters. The lowest BCUT2D eigenvalue weighted by Gasteiger charge is -2.16. The van der Waals surface area contributed by atoms with Gasteiger partial charge in [0.15, 0.2) is 0 Å². The zero-order chi connectivity index (χ0) is 14.7. The van der Waals surface area contributed by atoms with Crippen LogP contribution in [0.2, 0.25) is 0 Å². The van der Waals surface area contributed by atoms with E-state index in [9.17, 15) is 14.9 Å². The predicted octanol–water partition coefficient (Wildman–Crippen LogP) is 2.54. The van der Waals surface area contributed by atoms with Crippen molar-refractivity contribution in [2.75, 3.05) is 11.9 Å². The Balaban J connectivity index is 2.14. The zero-order valence-electron chi connectivity index (χ0n) is 11.2. The first-order valence-electron chi connectivity index (χ1n) is 6.60. The molecular weight excluding hydrogens is 262 g/mol. The van der Waals surface area contributed by atoms with Crippen molar-refractivity contribution in [3.05, 3.63) is 27.9 Å². The normalized spacial score (nSPS) is 21.6. The van der Waals surface area contributed by atoms with E-state index in [0.717, 1.165) is 18.7 Å². The van der Waals surface area contributed by atoms with E-state index in [4.69, 9.17) is 5.11 Å². The number of pyridine rings is 1. The molecule has 7 heteroatoms. The number of hydrogen-bond acceptors (Lipinski definition) is 5. The monoisotopic (exact) mass is 279 g/mol. The highest BCUT2D eigenvalue weighted by atomic mass is 16.6. The second kappa shape index (κ2) is 5.85. The quantitative estimate of drug-likeness (QED) is 0.633. The Hall–Kier alpha value is -2.18. The number of nitrogens with one attached hydrogen (secondary N) is 1. The largest absolute Gasteiger partial charge is 0.478 e. The fourth-order valence-electron chi connectivity index (χ4n) is 2.60. The highest BCUT2D eigenvalue weighted by Crippen LogP contribution is 2.32. The fraction of sp³-hybridized carbons (Fsp3) is 0.538. The second-order valence-electron chi connectivity index (χ2n) is 5.20. The van der Waals surface area contributed by atoms with Gasteiger partial charge in [-0.3, -0.25) is 10.1 Å². The Morgan fingerprint density at radius 2 is 2.35 bits per heavy atom. The molecule has 20 heavy (non-hydrogen) atoms. The van der Waals surface area contributed by atoms with Crippen LogP contribution in [0.3, 0.4) is 0 Å². The van der Waals surface area contributed by atoms with E-state index in [-0.39, 0.29) is 17.1 Å². The number of nitrogens with zero attached hydrogens (tertiary/aromatic N) is 2. The van der Waals surface area contributed by atoms with Crippen molar-refractivity contribution >= 4 is 17.5 Å². The van der Waals surface area contributed by atoms with Gasteiger partial charge in [-0.2, -0.15) is 0 Å². The number of aromatic carboxylic acids is 1. The minimum Gasteiger partial charge on any atom is -0.478 e. The molecule has 0 bridgehead atoms. The molecule has 0 radical (unpaired) electrons. The van der Waals surface area contributed by atoms with Crippen LogP contribution in [0.15, 0.2) is 12.3 Å². The lowest BCUT2D eigenvalue weighted by Crippen LogP contribution is -2.18. The summed E-state index contributed by atoms with van der Waals surface area (Å²) < 4.78 is 0. The number of nitro groups is 1. The van der Waals surface area contributed by atoms with Crippen LogP contribution in [0.5, 0.6) is 0 Å². The highest BCUT2D eigenvalue weighted by molar-refractivity contribution is 5.88. The van der Waals surface area contributed by atoms with Gasteiger partial charge < -0.3 is 10.4 Å². The number of hydrogen-bond donors (Lipinski definition) is 2. The molecule has 0 amide bonds. The molecular formula is C13H17N3O4. The summed E-state index contributed by atoms with van der Waals surface area (Å²) in [5, 5.41) is 22.8. The summed E-state index contributed by atoms with van der Waals surface area (Å²) in [5.74, 6) is -0.00827. The van der Waals surface area contributed by atoms with Crippen molar-refractivity contribution in [2.45, 2.75) is 26.2 Å². The molecule has 0 spiro atoms. The third-order valence-corrected chi connectivity index (χ3v) is 3.88. The van der Waals surface area contributed by atoms with E-state index >= 15 is 0 Å². The van der Waals surface area contributed by atoms with Crippen molar-refractivity contribution in [3.63, 3.8) is 0 Å². The molecule has 0 saturated heterocycles. The van der Waals surface area contributed by atoms with Crippen molar-refractivity contribution in [2.24, 2.45) is 11.8 Å². The topological polar surface area (TPSA) is 105 Å². The van der Waals surface area contributed by atoms with Crippen LogP contribution in [-0.2, 0) is 0 Å². The van der Waals surface area contributed by atoms with Gasteiger partial charge in [0.2, 0.25) is 5.82 Å². The Bertz CT molecular complexity index is 532. The Kier molecular flexibility index (Phi) is 4.16. The van der Waals surface area contributed by atoms with Crippen LogP contribution < -0.4 is 5.32 Å². The van der Waals surface area contributed by atoms with Crippen molar-refractivity contribution in [1.29, 1.82) is 0 Å². The van der Waals surface area contributed by atoms with Crippen molar-refractivity contribution in [1.82, 2.24) is 4.98 Å². The van der Waals surface area contributed by atoms with Gasteiger partial charge in [0.05, 0.1) is 10.5 Å². The SMILES string of the molecule is CC1CCCC1CNc1ncc(C(=O)O)cc1[N+](=O)[O-]. The standard InChI is InChI=1S/C13H17N3O4/c1-8-3-2-4-9(8)6-14-12-11(16(19)20)5-10(7-15-12)13(17)18/h5,7-9H,2-4,6H2,1H3,(H,14,15)(H,17,18). The summed E-state index contributed by atoms with van der Waals surface area (Å²) in [5.41, 5.74) is -0.480. The Morgan fingerprint density at radius 1 is 1.60 bits per heavy atom. The van der Waals surface area contributed by atoms with Crippen LogP contribution in [-0.4, -0.2) is 27.5 Å². The number of carbonyl (C=O) groups is 1. The molecule has 0 aromatic carbocycles. The molecule has 1 saturated carbocycles. The number of carboxylic acids is 1. The van der Waals surface area contributed by atoms with Gasteiger partial charge in [0.25, 0.3) is 0 Å². The zero-order valence-corrected chi connectivity index (χ0v) is 11.2. The van der Waals surface area contributed by atoms with Gasteiger partial charge in [-0.1, -0.05) is 19.8 Å². The van der Waals surface area contributed by atoms with E-state index < -0.39 is 10.9 Å². The van der Waals surface area contributed by atoms with Gasteiger partial charge >= 0.3 is 11.7 Å². The van der Waals surface area contributed by atoms with E-state index in [1.54, 1.807) is 0 Å². The molecule has 1 aliphatic carbocycles. The van der Waals surface area contributed by atoms with Gasteiger partial charge in [-0.15, -0.1) is 0 Å². The van der Waals surface area contributed by atoms with E-state index in [0.29, 0.717) is 18.4 Å². The average molecular weight is 279 g/mol. The number of aromatic nitrogens is 1. The van der Waals surface area contributed by atoms with Crippen LogP contribution in [0.4, 0.5) is 11.5 Å². The molecule has 1 aliphatic rings. The van der Waals surface area contributed by atoms with Gasteiger partial charge in [-0.05, 0) is 18.3 Å². The summed E-state index contributed by atoms with van der Waals surface area (Å²) >= 11 is 0. The lowest BCUT2D eigenvalue weighted by molar-refractivity contribution is -0.384. The first-order valence-corrected chi connectivity index (χ1v) is 6.60. The summed E-state index contributed by atoms with van der Waals surface area (Å²) in [6.07, 6.45) is 4.60. The number of carboxylic acid groups (broad SMARTS) is 1. The minimum absolute atomic E-state index is 0.138. The summed E-state index contributed by atoms with van der Waals surface area (Å²) in [6.45, 7) is 2.80. The highest BCUT2D eigenvalue weighted by Gasteiger charge is 2.25. The minimum atomic E-state index is -1.23. The first-order chi connectivity index (χ1) is 9.49. The van der Waals surface area contributed by atoms with Gasteiger partial charge in [0.1, 0.15) is 0 Å². The molecule has 1 aromatic heterocycles. The van der Waals surface area contributed by atoms with Crippen LogP contribution in [0.1, 0.15) is 36.5 Å². The first kappa shape index (κ1) is 14.2. The maximum Gasteiger partial charge on any atom is 0.337 e. The molecule has 1 fully saturated rings. The average Bonchev–Trinajstić information content (AvgIpc) is 2.81. The molecule has 2 rings (SSSR count). The fourth-order valence-corrected chi connectivity index (χ4v) is 2.60. The van der Waals surface area contributed by atoms with Crippen LogP contribution >= 0.6 is 0 Å². The third-order valence-electron chi connectivity index (χ3n) is 3.88. The smallest absolute Gasteiger partial charge is 0.337 e. The predicted molar refractivity (Wildman–Crippen MR) is 72.8 cm³/mol. The van der Waals surface area contributed by atoms with Gasteiger partial charge in [-0.25, -0.2) is 9.78 Å². The molecule has 2 unspecified atom stereocenters. The number of rotatable bonds is 5. The van der Waals surface area contributed by atoms with Gasteiger partial charge in [0, 0.05) is 18.8 Å². The molecule has 0 aliphatic heterocycles. The van der Waals surface area contributed by atoms with E-state index in [1.807, 2.05) is 0 Å².